The van der Waals surface area contributed by atoms with Crippen LogP contribution in [-0.4, -0.2) is 26.4 Å². The van der Waals surface area contributed by atoms with Gasteiger partial charge in [0.25, 0.3) is 0 Å². The molecule has 0 bridgehead atoms. The number of carbonyl (C=O) groups is 1. The Hall–Kier alpha value is -1.84. The van der Waals surface area contributed by atoms with Crippen LogP contribution in [0.25, 0.3) is 11.6 Å². The number of rotatable bonds is 7. The fraction of sp³-hybridized carbons (Fsp3) is 0.167. The fourth-order valence-corrected chi connectivity index (χ4v) is 4.76. The van der Waals surface area contributed by atoms with Crippen molar-refractivity contribution in [3.63, 3.8) is 0 Å². The highest BCUT2D eigenvalue weighted by atomic mass is 79.9. The van der Waals surface area contributed by atoms with E-state index in [-0.39, 0.29) is 11.7 Å². The van der Waals surface area contributed by atoms with Crippen LogP contribution < -0.4 is 5.32 Å². The number of amides is 1. The molecule has 0 atom stereocenters. The van der Waals surface area contributed by atoms with Crippen molar-refractivity contribution in [2.45, 2.75) is 18.6 Å². The monoisotopic (exact) mass is 510 g/mol. The summed E-state index contributed by atoms with van der Waals surface area (Å²) in [7, 11) is 0. The number of furan rings is 1. The molecule has 2 heterocycles. The molecule has 9 heteroatoms. The van der Waals surface area contributed by atoms with Crippen molar-refractivity contribution in [1.82, 2.24) is 14.8 Å². The molecule has 0 saturated heterocycles. The van der Waals surface area contributed by atoms with Gasteiger partial charge in [-0.3, -0.25) is 9.36 Å². The van der Waals surface area contributed by atoms with Gasteiger partial charge in [-0.25, -0.2) is 0 Å². The van der Waals surface area contributed by atoms with Crippen LogP contribution >= 0.6 is 43.6 Å². The summed E-state index contributed by atoms with van der Waals surface area (Å²) in [6.07, 6.45) is 3.33. The molecule has 6 nitrogen and oxygen atoms in total. The number of allylic oxidation sites excluding steroid dienone is 1. The smallest absolute Gasteiger partial charge is 0.234 e. The summed E-state index contributed by atoms with van der Waals surface area (Å²) in [6.45, 7) is 6.27. The number of aryl methyl sites for hydroxylation is 1. The van der Waals surface area contributed by atoms with E-state index in [9.17, 15) is 4.79 Å². The first-order valence-corrected chi connectivity index (χ1v) is 10.5. The zero-order valence-electron chi connectivity index (χ0n) is 14.4. The van der Waals surface area contributed by atoms with E-state index in [2.05, 4.69) is 54.0 Å². The van der Waals surface area contributed by atoms with Crippen LogP contribution in [0.4, 0.5) is 5.69 Å². The van der Waals surface area contributed by atoms with Gasteiger partial charge in [0.15, 0.2) is 10.9 Å². The number of nitrogens with zero attached hydrogens (tertiary/aromatic N) is 3. The Morgan fingerprint density at radius 1 is 1.37 bits per heavy atom. The van der Waals surface area contributed by atoms with Crippen LogP contribution in [0, 0.1) is 6.92 Å². The predicted molar refractivity (Wildman–Crippen MR) is 114 cm³/mol. The average Bonchev–Trinajstić information content (AvgIpc) is 3.26. The van der Waals surface area contributed by atoms with Gasteiger partial charge >= 0.3 is 0 Å². The van der Waals surface area contributed by atoms with Crippen LogP contribution in [0.3, 0.4) is 0 Å². The van der Waals surface area contributed by atoms with Crippen LogP contribution in [0.15, 0.2) is 61.7 Å². The third-order valence-corrected chi connectivity index (χ3v) is 5.77. The Bertz CT molecular complexity index is 947. The second kappa shape index (κ2) is 8.90. The number of benzene rings is 1. The molecule has 27 heavy (non-hydrogen) atoms. The zero-order valence-corrected chi connectivity index (χ0v) is 18.4. The van der Waals surface area contributed by atoms with E-state index in [1.807, 2.05) is 29.7 Å². The van der Waals surface area contributed by atoms with Crippen molar-refractivity contribution in [2.75, 3.05) is 11.1 Å². The minimum Gasteiger partial charge on any atom is -0.461 e. The van der Waals surface area contributed by atoms with Crippen molar-refractivity contribution < 1.29 is 9.21 Å². The van der Waals surface area contributed by atoms with Crippen molar-refractivity contribution in [2.24, 2.45) is 0 Å². The summed E-state index contributed by atoms with van der Waals surface area (Å²) < 4.78 is 8.91. The van der Waals surface area contributed by atoms with Crippen molar-refractivity contribution in [1.29, 1.82) is 0 Å². The summed E-state index contributed by atoms with van der Waals surface area (Å²) in [6, 6.07) is 7.50. The summed E-state index contributed by atoms with van der Waals surface area (Å²) >= 11 is 8.27. The van der Waals surface area contributed by atoms with Gasteiger partial charge in [-0.15, -0.1) is 16.8 Å². The van der Waals surface area contributed by atoms with E-state index < -0.39 is 0 Å². The minimum absolute atomic E-state index is 0.141. The highest BCUT2D eigenvalue weighted by Gasteiger charge is 2.17. The number of hydrogen-bond donors (Lipinski definition) is 1. The van der Waals surface area contributed by atoms with Crippen LogP contribution in [0.5, 0.6) is 0 Å². The van der Waals surface area contributed by atoms with Crippen molar-refractivity contribution in [3.05, 3.63) is 57.7 Å². The van der Waals surface area contributed by atoms with E-state index in [1.54, 1.807) is 18.4 Å². The first-order chi connectivity index (χ1) is 13.0. The lowest BCUT2D eigenvalue weighted by Crippen LogP contribution is -2.15. The lowest BCUT2D eigenvalue weighted by atomic mass is 10.2. The molecule has 1 N–H and O–H groups in total. The number of halogens is 2. The SMILES string of the molecule is C=CCn1c(SCC(=O)Nc2c(Br)cc(C)cc2Br)nnc1-c1ccco1. The maximum absolute atomic E-state index is 12.4. The second-order valence-electron chi connectivity index (χ2n) is 5.62. The first-order valence-electron chi connectivity index (χ1n) is 7.96. The molecule has 0 aliphatic rings. The number of anilines is 1. The molecule has 0 aliphatic carbocycles. The third kappa shape index (κ3) is 4.72. The quantitative estimate of drug-likeness (QED) is 0.344. The Labute approximate surface area is 177 Å². The molecular formula is C18H16Br2N4O2S. The molecule has 0 aliphatic heterocycles. The standard InChI is InChI=1S/C18H16Br2N4O2S/c1-3-6-24-17(14-5-4-7-26-14)22-23-18(24)27-10-15(25)21-16-12(19)8-11(2)9-13(16)20/h3-5,7-9H,1,6,10H2,2H3,(H,21,25). The van der Waals surface area contributed by atoms with Crippen LogP contribution in [0.1, 0.15) is 5.56 Å². The molecule has 0 unspecified atom stereocenters. The Morgan fingerprint density at radius 3 is 2.74 bits per heavy atom. The van der Waals surface area contributed by atoms with Gasteiger partial charge in [0.2, 0.25) is 11.7 Å². The van der Waals surface area contributed by atoms with E-state index in [1.165, 1.54) is 11.8 Å². The Balaban J connectivity index is 1.72. The molecule has 0 radical (unpaired) electrons. The normalized spacial score (nSPS) is 10.8. The lowest BCUT2D eigenvalue weighted by molar-refractivity contribution is -0.113. The number of nitrogens with one attached hydrogen (secondary N) is 1. The number of carbonyl (C=O) groups excluding carboxylic acids is 1. The Kier molecular flexibility index (Phi) is 6.56. The van der Waals surface area contributed by atoms with Crippen LogP contribution in [-0.2, 0) is 11.3 Å². The molecule has 3 aromatic rings. The molecule has 1 aromatic carbocycles. The van der Waals surface area contributed by atoms with E-state index in [0.717, 1.165) is 14.5 Å². The van der Waals surface area contributed by atoms with Gasteiger partial charge in [-0.05, 0) is 68.6 Å². The van der Waals surface area contributed by atoms with Gasteiger partial charge in [0, 0.05) is 15.5 Å². The van der Waals surface area contributed by atoms with E-state index >= 15 is 0 Å². The summed E-state index contributed by atoms with van der Waals surface area (Å²) in [5, 5.41) is 11.9. The zero-order chi connectivity index (χ0) is 19.4. The van der Waals surface area contributed by atoms with Crippen molar-refractivity contribution in [3.8, 4) is 11.6 Å². The predicted octanol–water partition coefficient (Wildman–Crippen LogP) is 5.29. The Morgan fingerprint density at radius 2 is 2.11 bits per heavy atom. The van der Waals surface area contributed by atoms with Crippen molar-refractivity contribution >= 4 is 55.2 Å². The molecule has 2 aromatic heterocycles. The van der Waals surface area contributed by atoms with Gasteiger partial charge < -0.3 is 9.73 Å². The topological polar surface area (TPSA) is 73.0 Å². The van der Waals surface area contributed by atoms with Crippen LogP contribution in [0.2, 0.25) is 0 Å². The molecule has 3 rings (SSSR count). The maximum Gasteiger partial charge on any atom is 0.234 e. The first kappa shape index (κ1) is 19.9. The van der Waals surface area contributed by atoms with E-state index in [4.69, 9.17) is 4.42 Å². The number of hydrogen-bond acceptors (Lipinski definition) is 5. The molecular weight excluding hydrogens is 496 g/mol. The molecule has 140 valence electrons. The second-order valence-corrected chi connectivity index (χ2v) is 8.27. The maximum atomic E-state index is 12.4. The highest BCUT2D eigenvalue weighted by Crippen LogP contribution is 2.32. The number of thioether (sulfide) groups is 1. The lowest BCUT2D eigenvalue weighted by Gasteiger charge is -2.11. The highest BCUT2D eigenvalue weighted by molar-refractivity contribution is 9.11. The average molecular weight is 512 g/mol. The van der Waals surface area contributed by atoms with Gasteiger partial charge in [0.1, 0.15) is 0 Å². The summed E-state index contributed by atoms with van der Waals surface area (Å²) in [4.78, 5) is 12.4. The van der Waals surface area contributed by atoms with Gasteiger partial charge in [-0.2, -0.15) is 0 Å². The third-order valence-electron chi connectivity index (χ3n) is 3.55. The number of aromatic nitrogens is 3. The molecule has 0 saturated carbocycles. The minimum atomic E-state index is -0.141. The van der Waals surface area contributed by atoms with E-state index in [0.29, 0.717) is 29.0 Å². The molecule has 0 fully saturated rings. The van der Waals surface area contributed by atoms with Gasteiger partial charge in [-0.1, -0.05) is 17.8 Å². The largest absolute Gasteiger partial charge is 0.461 e. The molecule has 1 amide bonds. The summed E-state index contributed by atoms with van der Waals surface area (Å²) in [5.41, 5.74) is 1.79. The molecule has 0 spiro atoms. The fourth-order valence-electron chi connectivity index (χ4n) is 2.40. The van der Waals surface area contributed by atoms with Gasteiger partial charge in [0.05, 0.1) is 17.7 Å². The summed E-state index contributed by atoms with van der Waals surface area (Å²) in [5.74, 6) is 1.28.